The fourth-order valence-electron chi connectivity index (χ4n) is 1.38. The van der Waals surface area contributed by atoms with Gasteiger partial charge in [0.2, 0.25) is 5.95 Å². The second-order valence-electron chi connectivity index (χ2n) is 3.67. The van der Waals surface area contributed by atoms with Gasteiger partial charge in [-0.3, -0.25) is 0 Å². The molecule has 0 N–H and O–H groups in total. The van der Waals surface area contributed by atoms with E-state index in [2.05, 4.69) is 4.98 Å². The molecule has 2 rings (SSSR count). The number of esters is 1. The van der Waals surface area contributed by atoms with E-state index in [0.717, 1.165) is 12.3 Å². The van der Waals surface area contributed by atoms with Crippen LogP contribution in [0.3, 0.4) is 0 Å². The first-order valence-electron chi connectivity index (χ1n) is 5.29. The predicted molar refractivity (Wildman–Crippen MR) is 64.7 cm³/mol. The summed E-state index contributed by atoms with van der Waals surface area (Å²) in [5.74, 6) is -3.60. The highest BCUT2D eigenvalue weighted by Crippen LogP contribution is 2.13. The van der Waals surface area contributed by atoms with Crippen LogP contribution >= 0.6 is 11.6 Å². The fraction of sp³-hybridized carbons (Fsp3) is 0.0769. The SMILES string of the molecule is O=C(OCc1ccc(Cl)cc1)c1ccnc(F)c1F. The van der Waals surface area contributed by atoms with Gasteiger partial charge >= 0.3 is 5.97 Å². The molecule has 1 aromatic heterocycles. The minimum absolute atomic E-state index is 0.0562. The molecule has 1 aromatic carbocycles. The Morgan fingerprint density at radius 1 is 1.21 bits per heavy atom. The van der Waals surface area contributed by atoms with Gasteiger partial charge in [0.15, 0.2) is 5.82 Å². The summed E-state index contributed by atoms with van der Waals surface area (Å²) in [5.41, 5.74) is 0.203. The molecule has 0 aliphatic heterocycles. The van der Waals surface area contributed by atoms with Crippen molar-refractivity contribution in [3.8, 4) is 0 Å². The van der Waals surface area contributed by atoms with Crippen LogP contribution in [0.1, 0.15) is 15.9 Å². The van der Waals surface area contributed by atoms with E-state index in [-0.39, 0.29) is 6.61 Å². The number of hydrogen-bond donors (Lipinski definition) is 0. The molecule has 6 heteroatoms. The van der Waals surface area contributed by atoms with Crippen molar-refractivity contribution >= 4 is 17.6 Å². The van der Waals surface area contributed by atoms with Gasteiger partial charge in [-0.05, 0) is 23.8 Å². The molecular weight excluding hydrogens is 276 g/mol. The first-order valence-corrected chi connectivity index (χ1v) is 5.67. The van der Waals surface area contributed by atoms with Crippen molar-refractivity contribution in [3.05, 3.63) is 64.4 Å². The number of nitrogens with zero attached hydrogens (tertiary/aromatic N) is 1. The summed E-state index contributed by atoms with van der Waals surface area (Å²) in [7, 11) is 0. The number of carbonyl (C=O) groups is 1. The first-order chi connectivity index (χ1) is 9.08. The standard InChI is InChI=1S/C13H8ClF2NO2/c14-9-3-1-8(2-4-9)7-19-13(18)10-5-6-17-12(16)11(10)15/h1-6H,7H2. The molecule has 0 atom stereocenters. The lowest BCUT2D eigenvalue weighted by Crippen LogP contribution is -2.09. The Kier molecular flexibility index (Phi) is 4.06. The Hall–Kier alpha value is -2.01. The predicted octanol–water partition coefficient (Wildman–Crippen LogP) is 3.37. The second kappa shape index (κ2) is 5.75. The lowest BCUT2D eigenvalue weighted by molar-refractivity contribution is 0.0465. The van der Waals surface area contributed by atoms with E-state index in [4.69, 9.17) is 16.3 Å². The summed E-state index contributed by atoms with van der Waals surface area (Å²) in [6, 6.07) is 7.66. The van der Waals surface area contributed by atoms with E-state index < -0.39 is 23.3 Å². The molecule has 0 bridgehead atoms. The van der Waals surface area contributed by atoms with Gasteiger partial charge in [0.1, 0.15) is 12.2 Å². The van der Waals surface area contributed by atoms with Crippen molar-refractivity contribution in [1.82, 2.24) is 4.98 Å². The quantitative estimate of drug-likeness (QED) is 0.640. The van der Waals surface area contributed by atoms with Gasteiger partial charge in [-0.15, -0.1) is 0 Å². The van der Waals surface area contributed by atoms with E-state index >= 15 is 0 Å². The number of carbonyl (C=O) groups excluding carboxylic acids is 1. The van der Waals surface area contributed by atoms with Crippen LogP contribution < -0.4 is 0 Å². The molecular formula is C13H8ClF2NO2. The van der Waals surface area contributed by atoms with Crippen LogP contribution in [-0.4, -0.2) is 11.0 Å². The Labute approximate surface area is 112 Å². The summed E-state index contributed by atoms with van der Waals surface area (Å²) in [6.07, 6.45) is 0.997. The number of rotatable bonds is 3. The van der Waals surface area contributed by atoms with Gasteiger partial charge in [-0.1, -0.05) is 23.7 Å². The maximum absolute atomic E-state index is 13.3. The molecule has 0 radical (unpaired) electrons. The Morgan fingerprint density at radius 2 is 1.89 bits per heavy atom. The maximum Gasteiger partial charge on any atom is 0.341 e. The van der Waals surface area contributed by atoms with Crippen LogP contribution in [0.2, 0.25) is 5.02 Å². The molecule has 0 spiro atoms. The van der Waals surface area contributed by atoms with Crippen LogP contribution in [0.25, 0.3) is 0 Å². The number of ether oxygens (including phenoxy) is 1. The van der Waals surface area contributed by atoms with Gasteiger partial charge in [-0.25, -0.2) is 14.2 Å². The molecule has 0 aliphatic carbocycles. The topological polar surface area (TPSA) is 39.2 Å². The average molecular weight is 284 g/mol. The minimum Gasteiger partial charge on any atom is -0.457 e. The summed E-state index contributed by atoms with van der Waals surface area (Å²) in [6.45, 7) is -0.0562. The van der Waals surface area contributed by atoms with Crippen molar-refractivity contribution in [1.29, 1.82) is 0 Å². The smallest absolute Gasteiger partial charge is 0.341 e. The first kappa shape index (κ1) is 13.4. The van der Waals surface area contributed by atoms with Crippen LogP contribution in [0, 0.1) is 11.8 Å². The summed E-state index contributed by atoms with van der Waals surface area (Å²) < 4.78 is 31.0. The number of pyridine rings is 1. The van der Waals surface area contributed by atoms with Crippen molar-refractivity contribution in [3.63, 3.8) is 0 Å². The molecule has 0 aliphatic rings. The monoisotopic (exact) mass is 283 g/mol. The molecule has 0 saturated heterocycles. The maximum atomic E-state index is 13.3. The van der Waals surface area contributed by atoms with Gasteiger partial charge < -0.3 is 4.74 Å². The third-order valence-corrected chi connectivity index (χ3v) is 2.60. The molecule has 0 fully saturated rings. The van der Waals surface area contributed by atoms with Crippen LogP contribution in [0.4, 0.5) is 8.78 Å². The molecule has 2 aromatic rings. The van der Waals surface area contributed by atoms with Gasteiger partial charge in [-0.2, -0.15) is 4.39 Å². The highest BCUT2D eigenvalue weighted by Gasteiger charge is 2.17. The van der Waals surface area contributed by atoms with Crippen molar-refractivity contribution in [2.45, 2.75) is 6.61 Å². The third kappa shape index (κ3) is 3.26. The molecule has 0 unspecified atom stereocenters. The lowest BCUT2D eigenvalue weighted by atomic mass is 10.2. The molecule has 19 heavy (non-hydrogen) atoms. The highest BCUT2D eigenvalue weighted by molar-refractivity contribution is 6.30. The molecule has 1 heterocycles. The lowest BCUT2D eigenvalue weighted by Gasteiger charge is -2.05. The summed E-state index contributed by atoms with van der Waals surface area (Å²) >= 11 is 5.70. The Balaban J connectivity index is 2.05. The van der Waals surface area contributed by atoms with Crippen molar-refractivity contribution in [2.24, 2.45) is 0 Å². The van der Waals surface area contributed by atoms with E-state index in [1.807, 2.05) is 0 Å². The number of benzene rings is 1. The molecule has 0 saturated carbocycles. The van der Waals surface area contributed by atoms with Gasteiger partial charge in [0.05, 0.1) is 0 Å². The van der Waals surface area contributed by atoms with Crippen LogP contribution in [0.15, 0.2) is 36.5 Å². The second-order valence-corrected chi connectivity index (χ2v) is 4.10. The zero-order chi connectivity index (χ0) is 13.8. The van der Waals surface area contributed by atoms with Gasteiger partial charge in [0, 0.05) is 11.2 Å². The molecule has 0 amide bonds. The Bertz CT molecular complexity index is 602. The fourth-order valence-corrected chi connectivity index (χ4v) is 1.51. The minimum atomic E-state index is -1.33. The van der Waals surface area contributed by atoms with E-state index in [1.54, 1.807) is 24.3 Å². The van der Waals surface area contributed by atoms with Crippen LogP contribution in [0.5, 0.6) is 0 Å². The number of halogens is 3. The summed E-state index contributed by atoms with van der Waals surface area (Å²) in [5, 5.41) is 0.553. The molecule has 3 nitrogen and oxygen atoms in total. The van der Waals surface area contributed by atoms with E-state index in [9.17, 15) is 13.6 Å². The number of hydrogen-bond acceptors (Lipinski definition) is 3. The third-order valence-electron chi connectivity index (χ3n) is 2.35. The largest absolute Gasteiger partial charge is 0.457 e. The number of aromatic nitrogens is 1. The van der Waals surface area contributed by atoms with E-state index in [0.29, 0.717) is 10.6 Å². The average Bonchev–Trinajstić information content (AvgIpc) is 2.41. The van der Waals surface area contributed by atoms with Gasteiger partial charge in [0.25, 0.3) is 0 Å². The van der Waals surface area contributed by atoms with Crippen LogP contribution in [-0.2, 0) is 11.3 Å². The Morgan fingerprint density at radius 3 is 2.58 bits per heavy atom. The van der Waals surface area contributed by atoms with Crippen molar-refractivity contribution < 1.29 is 18.3 Å². The zero-order valence-electron chi connectivity index (χ0n) is 9.57. The van der Waals surface area contributed by atoms with E-state index in [1.165, 1.54) is 0 Å². The van der Waals surface area contributed by atoms with Crippen molar-refractivity contribution in [2.75, 3.05) is 0 Å². The highest BCUT2D eigenvalue weighted by atomic mass is 35.5. The normalized spacial score (nSPS) is 10.3. The molecule has 98 valence electrons. The summed E-state index contributed by atoms with van der Waals surface area (Å²) in [4.78, 5) is 14.7. The zero-order valence-corrected chi connectivity index (χ0v) is 10.3.